The molecule has 0 heterocycles. The van der Waals surface area contributed by atoms with Gasteiger partial charge in [0.05, 0.1) is 5.56 Å². The van der Waals surface area contributed by atoms with Gasteiger partial charge in [-0.05, 0) is 0 Å². The second-order valence-corrected chi connectivity index (χ2v) is 2.68. The molecule has 1 aromatic carbocycles. The average molecular weight is 219 g/mol. The molecule has 1 amide bonds. The number of primary amides is 1. The monoisotopic (exact) mass is 219 g/mol. The molecule has 0 spiro atoms. The van der Waals surface area contributed by atoms with Crippen LogP contribution in [0.2, 0.25) is 0 Å². The molecule has 0 atom stereocenters. The largest absolute Gasteiger partial charge is 0.416 e. The predicted molar refractivity (Wildman–Crippen MR) is 50.9 cm³/mol. The third kappa shape index (κ3) is 6.54. The van der Waals surface area contributed by atoms with E-state index in [0.717, 1.165) is 12.1 Å². The van der Waals surface area contributed by atoms with Gasteiger partial charge in [-0.15, -0.1) is 0 Å². The highest BCUT2D eigenvalue weighted by atomic mass is 19.4. The molecule has 5 heteroatoms. The fourth-order valence-electron chi connectivity index (χ4n) is 0.627. The van der Waals surface area contributed by atoms with Gasteiger partial charge in [0, 0.05) is 6.42 Å². The Balaban J connectivity index is 0.000000336. The summed E-state index contributed by atoms with van der Waals surface area (Å²) < 4.78 is 35.4. The molecular formula is C10H12F3NO. The Kier molecular flexibility index (Phi) is 5.44. The number of rotatable bonds is 1. The van der Waals surface area contributed by atoms with E-state index in [2.05, 4.69) is 5.73 Å². The lowest BCUT2D eigenvalue weighted by Crippen LogP contribution is -2.06. The van der Waals surface area contributed by atoms with Crippen molar-refractivity contribution >= 4 is 5.91 Å². The van der Waals surface area contributed by atoms with E-state index >= 15 is 0 Å². The minimum atomic E-state index is -4.21. The quantitative estimate of drug-likeness (QED) is 0.775. The van der Waals surface area contributed by atoms with Crippen LogP contribution in [0.3, 0.4) is 0 Å². The smallest absolute Gasteiger partial charge is 0.370 e. The second-order valence-electron chi connectivity index (χ2n) is 2.68. The zero-order chi connectivity index (χ0) is 11.9. The lowest BCUT2D eigenvalue weighted by atomic mass is 10.2. The fraction of sp³-hybridized carbons (Fsp3) is 0.300. The summed E-state index contributed by atoms with van der Waals surface area (Å²) in [5.41, 5.74) is 4.05. The molecule has 0 unspecified atom stereocenters. The summed E-state index contributed by atoms with van der Waals surface area (Å²) in [6.45, 7) is 1.72. The average Bonchev–Trinajstić information content (AvgIpc) is 2.19. The minimum absolute atomic E-state index is 0.245. The Hall–Kier alpha value is -1.52. The second kappa shape index (κ2) is 6.06. The molecule has 0 radical (unpaired) electrons. The van der Waals surface area contributed by atoms with Crippen LogP contribution in [0, 0.1) is 0 Å². The van der Waals surface area contributed by atoms with E-state index in [9.17, 15) is 18.0 Å². The van der Waals surface area contributed by atoms with Crippen LogP contribution in [0.5, 0.6) is 0 Å². The molecule has 0 aromatic heterocycles. The van der Waals surface area contributed by atoms with Gasteiger partial charge < -0.3 is 5.73 Å². The predicted octanol–water partition coefficient (Wildman–Crippen LogP) is 2.59. The maximum atomic E-state index is 11.8. The Bertz CT molecular complexity index is 295. The number of nitrogens with two attached hydrogens (primary N) is 1. The summed E-state index contributed by atoms with van der Waals surface area (Å²) in [5, 5.41) is 0. The van der Waals surface area contributed by atoms with Crippen molar-refractivity contribution in [2.24, 2.45) is 5.73 Å². The van der Waals surface area contributed by atoms with Crippen molar-refractivity contribution in [2.75, 3.05) is 0 Å². The highest BCUT2D eigenvalue weighted by Gasteiger charge is 2.29. The van der Waals surface area contributed by atoms with Crippen LogP contribution in [0.4, 0.5) is 13.2 Å². The molecule has 0 bridgehead atoms. The topological polar surface area (TPSA) is 43.1 Å². The van der Waals surface area contributed by atoms with E-state index in [0.29, 0.717) is 6.42 Å². The first-order valence-corrected chi connectivity index (χ1v) is 4.28. The van der Waals surface area contributed by atoms with Gasteiger partial charge in [0.15, 0.2) is 0 Å². The van der Waals surface area contributed by atoms with Gasteiger partial charge >= 0.3 is 6.18 Å². The van der Waals surface area contributed by atoms with E-state index in [1.54, 1.807) is 13.0 Å². The van der Waals surface area contributed by atoms with Crippen molar-refractivity contribution in [3.05, 3.63) is 35.9 Å². The molecule has 0 fully saturated rings. The number of halogens is 3. The summed E-state index contributed by atoms with van der Waals surface area (Å²) in [6, 6.07) is 6.36. The van der Waals surface area contributed by atoms with Gasteiger partial charge in [0.1, 0.15) is 0 Å². The number of alkyl halides is 3. The summed E-state index contributed by atoms with van der Waals surface area (Å²) in [6.07, 6.45) is -3.76. The van der Waals surface area contributed by atoms with Gasteiger partial charge in [-0.25, -0.2) is 0 Å². The Morgan fingerprint density at radius 3 is 1.87 bits per heavy atom. The van der Waals surface area contributed by atoms with Gasteiger partial charge in [-0.1, -0.05) is 37.3 Å². The van der Waals surface area contributed by atoms with Crippen LogP contribution in [0.25, 0.3) is 0 Å². The Morgan fingerprint density at radius 2 is 1.67 bits per heavy atom. The van der Waals surface area contributed by atoms with Crippen LogP contribution in [-0.2, 0) is 11.0 Å². The van der Waals surface area contributed by atoms with Crippen LogP contribution < -0.4 is 5.73 Å². The number of carbonyl (C=O) groups excluding carboxylic acids is 1. The van der Waals surface area contributed by atoms with Gasteiger partial charge in [-0.3, -0.25) is 4.79 Å². The standard InChI is InChI=1S/C7H5F3.C3H7NO/c8-7(9,10)6-4-2-1-3-5-6;1-2-3(4)5/h1-5H;2H2,1H3,(H2,4,5). The highest BCUT2D eigenvalue weighted by Crippen LogP contribution is 2.28. The Morgan fingerprint density at radius 1 is 1.27 bits per heavy atom. The minimum Gasteiger partial charge on any atom is -0.370 e. The lowest BCUT2D eigenvalue weighted by molar-refractivity contribution is -0.137. The van der Waals surface area contributed by atoms with E-state index in [1.165, 1.54) is 12.1 Å². The SMILES string of the molecule is CCC(N)=O.FC(F)(F)c1ccccc1. The first-order chi connectivity index (χ1) is 6.88. The van der Waals surface area contributed by atoms with E-state index in [4.69, 9.17) is 0 Å². The zero-order valence-electron chi connectivity index (χ0n) is 8.21. The first kappa shape index (κ1) is 13.5. The van der Waals surface area contributed by atoms with E-state index in [-0.39, 0.29) is 5.91 Å². The van der Waals surface area contributed by atoms with Crippen LogP contribution in [0.15, 0.2) is 30.3 Å². The van der Waals surface area contributed by atoms with E-state index in [1.807, 2.05) is 0 Å². The Labute approximate surface area is 85.9 Å². The first-order valence-electron chi connectivity index (χ1n) is 4.28. The third-order valence-electron chi connectivity index (χ3n) is 1.45. The number of amides is 1. The molecule has 2 N–H and O–H groups in total. The van der Waals surface area contributed by atoms with E-state index < -0.39 is 11.7 Å². The van der Waals surface area contributed by atoms with Crippen molar-refractivity contribution in [2.45, 2.75) is 19.5 Å². The highest BCUT2D eigenvalue weighted by molar-refractivity contribution is 5.73. The van der Waals surface area contributed by atoms with Crippen LogP contribution >= 0.6 is 0 Å². The molecule has 1 aromatic rings. The third-order valence-corrected chi connectivity index (χ3v) is 1.45. The molecule has 2 nitrogen and oxygen atoms in total. The van der Waals surface area contributed by atoms with Crippen molar-refractivity contribution in [1.82, 2.24) is 0 Å². The van der Waals surface area contributed by atoms with Gasteiger partial charge in [0.2, 0.25) is 5.91 Å². The molecule has 0 saturated heterocycles. The van der Waals surface area contributed by atoms with Crippen LogP contribution in [0.1, 0.15) is 18.9 Å². The summed E-state index contributed by atoms with van der Waals surface area (Å²) >= 11 is 0. The normalized spacial score (nSPS) is 10.1. The molecule has 1 rings (SSSR count). The maximum absolute atomic E-state index is 11.8. The van der Waals surface area contributed by atoms with Crippen molar-refractivity contribution in [1.29, 1.82) is 0 Å². The molecule has 0 aliphatic heterocycles. The fourth-order valence-corrected chi connectivity index (χ4v) is 0.627. The molecular weight excluding hydrogens is 207 g/mol. The summed E-state index contributed by atoms with van der Waals surface area (Å²) in [7, 11) is 0. The van der Waals surface area contributed by atoms with Gasteiger partial charge in [-0.2, -0.15) is 13.2 Å². The zero-order valence-corrected chi connectivity index (χ0v) is 8.21. The molecule has 0 aliphatic rings. The summed E-state index contributed by atoms with van der Waals surface area (Å²) in [4.78, 5) is 9.59. The van der Waals surface area contributed by atoms with Gasteiger partial charge in [0.25, 0.3) is 0 Å². The number of hydrogen-bond acceptors (Lipinski definition) is 1. The van der Waals surface area contributed by atoms with Crippen molar-refractivity contribution in [3.63, 3.8) is 0 Å². The molecule has 84 valence electrons. The maximum Gasteiger partial charge on any atom is 0.416 e. The lowest BCUT2D eigenvalue weighted by Gasteiger charge is -2.03. The van der Waals surface area contributed by atoms with Crippen LogP contribution in [-0.4, -0.2) is 5.91 Å². The molecule has 15 heavy (non-hydrogen) atoms. The summed E-state index contributed by atoms with van der Waals surface area (Å²) in [5.74, 6) is -0.245. The molecule has 0 saturated carbocycles. The molecule has 0 aliphatic carbocycles. The number of benzene rings is 1. The number of hydrogen-bond donors (Lipinski definition) is 1. The number of carbonyl (C=O) groups is 1. The van der Waals surface area contributed by atoms with Crippen molar-refractivity contribution in [3.8, 4) is 0 Å². The van der Waals surface area contributed by atoms with Crippen molar-refractivity contribution < 1.29 is 18.0 Å².